The quantitative estimate of drug-likeness (QED) is 0.735. The first kappa shape index (κ1) is 14.0. The highest BCUT2D eigenvalue weighted by Crippen LogP contribution is 2.21. The summed E-state index contributed by atoms with van der Waals surface area (Å²) in [6.45, 7) is 1.93. The van der Waals surface area contributed by atoms with Gasteiger partial charge in [0.25, 0.3) is 0 Å². The van der Waals surface area contributed by atoms with Crippen molar-refractivity contribution in [3.63, 3.8) is 0 Å². The summed E-state index contributed by atoms with van der Waals surface area (Å²) in [5.74, 6) is 0.606. The van der Waals surface area contributed by atoms with Crippen LogP contribution in [0.3, 0.4) is 0 Å². The number of aliphatic hydroxyl groups is 1. The highest BCUT2D eigenvalue weighted by molar-refractivity contribution is 5.78. The van der Waals surface area contributed by atoms with E-state index in [1.165, 1.54) is 6.07 Å². The Morgan fingerprint density at radius 1 is 1.00 bits per heavy atom. The number of rotatable bonds is 1. The Morgan fingerprint density at radius 2 is 1.60 bits per heavy atom. The van der Waals surface area contributed by atoms with E-state index in [0.29, 0.717) is 16.7 Å². The van der Waals surface area contributed by atoms with Crippen LogP contribution in [0.1, 0.15) is 6.92 Å². The molecule has 0 aliphatic heterocycles. The summed E-state index contributed by atoms with van der Waals surface area (Å²) in [5, 5.41) is 8.19. The van der Waals surface area contributed by atoms with Crippen molar-refractivity contribution in [1.82, 2.24) is 0 Å². The molecule has 3 rings (SSSR count). The lowest BCUT2D eigenvalue weighted by Crippen LogP contribution is -1.99. The predicted molar refractivity (Wildman–Crippen MR) is 80.7 cm³/mol. The van der Waals surface area contributed by atoms with Crippen molar-refractivity contribution in [1.29, 1.82) is 0 Å². The van der Waals surface area contributed by atoms with Gasteiger partial charge in [0.2, 0.25) is 0 Å². The molecule has 3 nitrogen and oxygen atoms in total. The van der Waals surface area contributed by atoms with Gasteiger partial charge in [0.05, 0.1) is 5.39 Å². The Kier molecular flexibility index (Phi) is 4.69. The van der Waals surface area contributed by atoms with Crippen LogP contribution in [-0.2, 0) is 0 Å². The lowest BCUT2D eigenvalue weighted by atomic mass is 10.1. The third-order valence-corrected chi connectivity index (χ3v) is 2.69. The number of hydrogen-bond donors (Lipinski definition) is 1. The van der Waals surface area contributed by atoms with Crippen LogP contribution in [-0.4, -0.2) is 11.7 Å². The van der Waals surface area contributed by atoms with Crippen LogP contribution in [0.4, 0.5) is 0 Å². The second-order valence-electron chi connectivity index (χ2n) is 4.15. The maximum absolute atomic E-state index is 11.9. The largest absolute Gasteiger partial charge is 0.456 e. The van der Waals surface area contributed by atoms with Gasteiger partial charge in [-0.3, -0.25) is 4.79 Å². The minimum Gasteiger partial charge on any atom is -0.456 e. The molecular weight excluding hydrogens is 252 g/mol. The third kappa shape index (κ3) is 3.13. The maximum Gasteiger partial charge on any atom is 0.193 e. The molecule has 0 radical (unpaired) electrons. The molecule has 1 aromatic heterocycles. The van der Waals surface area contributed by atoms with Gasteiger partial charge in [-0.1, -0.05) is 42.5 Å². The molecule has 0 fully saturated rings. The van der Waals surface area contributed by atoms with Crippen molar-refractivity contribution < 1.29 is 9.52 Å². The van der Waals surface area contributed by atoms with Crippen molar-refractivity contribution >= 4 is 11.0 Å². The number of para-hydroxylation sites is 1. The van der Waals surface area contributed by atoms with Crippen LogP contribution in [0.5, 0.6) is 0 Å². The highest BCUT2D eigenvalue weighted by Gasteiger charge is 2.05. The van der Waals surface area contributed by atoms with Crippen molar-refractivity contribution in [3.8, 4) is 11.3 Å². The fraction of sp³-hybridized carbons (Fsp3) is 0.118. The first-order chi connectivity index (χ1) is 9.76. The SMILES string of the molecule is CCO.O=c1cc(-c2ccccc2)oc2ccccc12. The molecule has 20 heavy (non-hydrogen) atoms. The van der Waals surface area contributed by atoms with Crippen LogP contribution < -0.4 is 5.43 Å². The maximum atomic E-state index is 11.9. The Balaban J connectivity index is 0.000000452. The Labute approximate surface area is 117 Å². The zero-order valence-corrected chi connectivity index (χ0v) is 11.2. The van der Waals surface area contributed by atoms with E-state index in [2.05, 4.69) is 0 Å². The van der Waals surface area contributed by atoms with Crippen LogP contribution in [0.15, 0.2) is 69.9 Å². The molecule has 3 aromatic rings. The lowest BCUT2D eigenvalue weighted by molar-refractivity contribution is 0.318. The Morgan fingerprint density at radius 3 is 2.30 bits per heavy atom. The summed E-state index contributed by atoms with van der Waals surface area (Å²) in [6.07, 6.45) is 0. The van der Waals surface area contributed by atoms with E-state index >= 15 is 0 Å². The van der Waals surface area contributed by atoms with Gasteiger partial charge >= 0.3 is 0 Å². The lowest BCUT2D eigenvalue weighted by Gasteiger charge is -2.02. The molecule has 0 saturated heterocycles. The molecule has 0 unspecified atom stereocenters. The topological polar surface area (TPSA) is 50.4 Å². The number of fused-ring (bicyclic) bond motifs is 1. The average Bonchev–Trinajstić information content (AvgIpc) is 2.49. The second kappa shape index (κ2) is 6.68. The highest BCUT2D eigenvalue weighted by atomic mass is 16.3. The van der Waals surface area contributed by atoms with Crippen LogP contribution in [0.2, 0.25) is 0 Å². The summed E-state index contributed by atoms with van der Waals surface area (Å²) in [7, 11) is 0. The molecule has 1 N–H and O–H groups in total. The summed E-state index contributed by atoms with van der Waals surface area (Å²) >= 11 is 0. The third-order valence-electron chi connectivity index (χ3n) is 2.69. The monoisotopic (exact) mass is 268 g/mol. The molecular formula is C17H16O3. The van der Waals surface area contributed by atoms with Gasteiger partial charge in [-0.15, -0.1) is 0 Å². The van der Waals surface area contributed by atoms with E-state index in [4.69, 9.17) is 9.52 Å². The number of aliphatic hydroxyl groups excluding tert-OH is 1. The molecule has 0 bridgehead atoms. The van der Waals surface area contributed by atoms with Gasteiger partial charge in [-0.05, 0) is 19.1 Å². The average molecular weight is 268 g/mol. The van der Waals surface area contributed by atoms with Crippen LogP contribution in [0, 0.1) is 0 Å². The van der Waals surface area contributed by atoms with Gasteiger partial charge in [0, 0.05) is 18.2 Å². The molecule has 0 aliphatic rings. The molecule has 0 aliphatic carbocycles. The van der Waals surface area contributed by atoms with Gasteiger partial charge in [-0.25, -0.2) is 0 Å². The van der Waals surface area contributed by atoms with E-state index < -0.39 is 0 Å². The number of hydrogen-bond acceptors (Lipinski definition) is 3. The Hall–Kier alpha value is -2.39. The minimum absolute atomic E-state index is 0.00861. The normalized spacial score (nSPS) is 9.90. The van der Waals surface area contributed by atoms with Gasteiger partial charge in [-0.2, -0.15) is 0 Å². The zero-order chi connectivity index (χ0) is 14.4. The van der Waals surface area contributed by atoms with E-state index in [-0.39, 0.29) is 12.0 Å². The van der Waals surface area contributed by atoms with E-state index in [1.54, 1.807) is 13.0 Å². The molecule has 0 amide bonds. The second-order valence-corrected chi connectivity index (χ2v) is 4.15. The summed E-state index contributed by atoms with van der Waals surface area (Å²) in [6, 6.07) is 18.4. The predicted octanol–water partition coefficient (Wildman–Crippen LogP) is 3.46. The molecule has 0 atom stereocenters. The van der Waals surface area contributed by atoms with E-state index in [0.717, 1.165) is 5.56 Å². The first-order valence-corrected chi connectivity index (χ1v) is 6.45. The molecule has 2 aromatic carbocycles. The van der Waals surface area contributed by atoms with Crippen molar-refractivity contribution in [2.75, 3.05) is 6.61 Å². The van der Waals surface area contributed by atoms with Gasteiger partial charge in [0.15, 0.2) is 5.43 Å². The summed E-state index contributed by atoms with van der Waals surface area (Å²) in [4.78, 5) is 11.9. The zero-order valence-electron chi connectivity index (χ0n) is 11.2. The number of benzene rings is 2. The van der Waals surface area contributed by atoms with Crippen LogP contribution >= 0.6 is 0 Å². The standard InChI is InChI=1S/C15H10O2.C2H6O/c16-13-10-15(11-6-2-1-3-7-11)17-14-9-5-4-8-12(13)14;1-2-3/h1-10H;3H,2H2,1H3. The molecule has 102 valence electrons. The first-order valence-electron chi connectivity index (χ1n) is 6.45. The molecule has 0 saturated carbocycles. The molecule has 0 spiro atoms. The molecule has 3 heteroatoms. The van der Waals surface area contributed by atoms with E-state index in [9.17, 15) is 4.79 Å². The van der Waals surface area contributed by atoms with E-state index in [1.807, 2.05) is 48.5 Å². The van der Waals surface area contributed by atoms with Crippen molar-refractivity contribution in [2.24, 2.45) is 0 Å². The van der Waals surface area contributed by atoms with Crippen LogP contribution in [0.25, 0.3) is 22.3 Å². The smallest absolute Gasteiger partial charge is 0.193 e. The van der Waals surface area contributed by atoms with Gasteiger partial charge in [0.1, 0.15) is 11.3 Å². The van der Waals surface area contributed by atoms with Crippen molar-refractivity contribution in [2.45, 2.75) is 6.92 Å². The fourth-order valence-electron chi connectivity index (χ4n) is 1.85. The Bertz CT molecular complexity index is 730. The molecule has 1 heterocycles. The summed E-state index contributed by atoms with van der Waals surface area (Å²) < 4.78 is 5.73. The summed E-state index contributed by atoms with van der Waals surface area (Å²) in [5.41, 5.74) is 1.53. The van der Waals surface area contributed by atoms with Crippen molar-refractivity contribution in [3.05, 3.63) is 70.9 Å². The van der Waals surface area contributed by atoms with Gasteiger partial charge < -0.3 is 9.52 Å². The fourth-order valence-corrected chi connectivity index (χ4v) is 1.85. The minimum atomic E-state index is -0.00861.